The number of anilines is 3. The SMILES string of the molecule is COc1ccc(C)cc1Nc1nc(N)nc2ccccc12. The number of rotatable bonds is 3. The molecule has 0 spiro atoms. The molecule has 3 rings (SSSR count). The fraction of sp³-hybridized carbons (Fsp3) is 0.125. The largest absolute Gasteiger partial charge is 0.495 e. The summed E-state index contributed by atoms with van der Waals surface area (Å²) in [4.78, 5) is 8.54. The summed E-state index contributed by atoms with van der Waals surface area (Å²) in [5, 5.41) is 4.20. The third kappa shape index (κ3) is 2.58. The van der Waals surface area contributed by atoms with Gasteiger partial charge in [-0.05, 0) is 36.8 Å². The summed E-state index contributed by atoms with van der Waals surface area (Å²) in [5.41, 5.74) is 8.57. The van der Waals surface area contributed by atoms with E-state index in [4.69, 9.17) is 10.5 Å². The van der Waals surface area contributed by atoms with Gasteiger partial charge in [-0.1, -0.05) is 18.2 Å². The lowest BCUT2D eigenvalue weighted by Gasteiger charge is -2.13. The van der Waals surface area contributed by atoms with Crippen LogP contribution in [0.3, 0.4) is 0 Å². The monoisotopic (exact) mass is 280 g/mol. The molecule has 0 saturated heterocycles. The lowest BCUT2D eigenvalue weighted by molar-refractivity contribution is 0.416. The van der Waals surface area contributed by atoms with Crippen LogP contribution in [0, 0.1) is 6.92 Å². The van der Waals surface area contributed by atoms with E-state index >= 15 is 0 Å². The van der Waals surface area contributed by atoms with Gasteiger partial charge in [0.25, 0.3) is 0 Å². The van der Waals surface area contributed by atoms with E-state index in [0.717, 1.165) is 27.9 Å². The molecule has 1 aromatic heterocycles. The van der Waals surface area contributed by atoms with Crippen LogP contribution >= 0.6 is 0 Å². The molecular weight excluding hydrogens is 264 g/mol. The molecule has 3 N–H and O–H groups in total. The lowest BCUT2D eigenvalue weighted by Crippen LogP contribution is -2.02. The molecule has 106 valence electrons. The molecule has 1 heterocycles. The van der Waals surface area contributed by atoms with E-state index in [1.807, 2.05) is 49.4 Å². The second-order valence-corrected chi connectivity index (χ2v) is 4.78. The predicted molar refractivity (Wildman–Crippen MR) is 85.0 cm³/mol. The number of para-hydroxylation sites is 1. The molecule has 0 atom stereocenters. The van der Waals surface area contributed by atoms with Crippen molar-refractivity contribution in [2.75, 3.05) is 18.2 Å². The van der Waals surface area contributed by atoms with E-state index in [1.165, 1.54) is 0 Å². The first-order valence-corrected chi connectivity index (χ1v) is 6.61. The van der Waals surface area contributed by atoms with Crippen molar-refractivity contribution < 1.29 is 4.74 Å². The highest BCUT2D eigenvalue weighted by Gasteiger charge is 2.09. The topological polar surface area (TPSA) is 73.1 Å². The van der Waals surface area contributed by atoms with Crippen LogP contribution in [-0.2, 0) is 0 Å². The molecule has 0 fully saturated rings. The maximum atomic E-state index is 5.79. The van der Waals surface area contributed by atoms with Crippen molar-refractivity contribution in [1.29, 1.82) is 0 Å². The van der Waals surface area contributed by atoms with Crippen molar-refractivity contribution in [3.8, 4) is 5.75 Å². The average molecular weight is 280 g/mol. The van der Waals surface area contributed by atoms with Crippen molar-refractivity contribution in [2.24, 2.45) is 0 Å². The molecule has 0 aliphatic carbocycles. The number of aromatic nitrogens is 2. The Morgan fingerprint density at radius 3 is 2.71 bits per heavy atom. The van der Waals surface area contributed by atoms with Crippen molar-refractivity contribution in [1.82, 2.24) is 9.97 Å². The average Bonchev–Trinajstić information content (AvgIpc) is 2.47. The summed E-state index contributed by atoms with van der Waals surface area (Å²) >= 11 is 0. The van der Waals surface area contributed by atoms with Crippen molar-refractivity contribution >= 4 is 28.4 Å². The second kappa shape index (κ2) is 5.28. The highest BCUT2D eigenvalue weighted by Crippen LogP contribution is 2.30. The minimum Gasteiger partial charge on any atom is -0.495 e. The van der Waals surface area contributed by atoms with Crippen LogP contribution in [0.1, 0.15) is 5.56 Å². The first kappa shape index (κ1) is 13.2. The third-order valence-corrected chi connectivity index (χ3v) is 3.23. The summed E-state index contributed by atoms with van der Waals surface area (Å²) in [7, 11) is 1.64. The van der Waals surface area contributed by atoms with Gasteiger partial charge in [0.05, 0.1) is 18.3 Å². The Hall–Kier alpha value is -2.82. The summed E-state index contributed by atoms with van der Waals surface area (Å²) in [6.07, 6.45) is 0. The minimum atomic E-state index is 0.239. The van der Waals surface area contributed by atoms with E-state index in [2.05, 4.69) is 15.3 Å². The molecule has 5 heteroatoms. The Balaban J connectivity index is 2.12. The van der Waals surface area contributed by atoms with Crippen molar-refractivity contribution in [3.63, 3.8) is 0 Å². The van der Waals surface area contributed by atoms with Crippen LogP contribution in [0.25, 0.3) is 10.9 Å². The summed E-state index contributed by atoms with van der Waals surface area (Å²) in [6.45, 7) is 2.02. The van der Waals surface area contributed by atoms with Gasteiger partial charge in [-0.3, -0.25) is 0 Å². The highest BCUT2D eigenvalue weighted by atomic mass is 16.5. The molecule has 0 aliphatic rings. The molecule has 0 unspecified atom stereocenters. The molecule has 0 bridgehead atoms. The van der Waals surface area contributed by atoms with Gasteiger partial charge in [-0.2, -0.15) is 4.98 Å². The van der Waals surface area contributed by atoms with Gasteiger partial charge in [0.2, 0.25) is 5.95 Å². The molecule has 0 saturated carbocycles. The quantitative estimate of drug-likeness (QED) is 0.770. The van der Waals surface area contributed by atoms with Gasteiger partial charge in [0, 0.05) is 5.39 Å². The van der Waals surface area contributed by atoms with Gasteiger partial charge in [0.15, 0.2) is 0 Å². The molecular formula is C16H16N4O. The summed E-state index contributed by atoms with van der Waals surface area (Å²) < 4.78 is 5.38. The predicted octanol–water partition coefficient (Wildman–Crippen LogP) is 3.27. The number of nitrogens with one attached hydrogen (secondary N) is 1. The Kier molecular flexibility index (Phi) is 3.31. The summed E-state index contributed by atoms with van der Waals surface area (Å²) in [5.74, 6) is 1.66. The Labute approximate surface area is 122 Å². The maximum Gasteiger partial charge on any atom is 0.222 e. The van der Waals surface area contributed by atoms with Crippen LogP contribution in [0.2, 0.25) is 0 Å². The maximum absolute atomic E-state index is 5.79. The van der Waals surface area contributed by atoms with Crippen LogP contribution in [0.15, 0.2) is 42.5 Å². The van der Waals surface area contributed by atoms with Crippen LogP contribution in [-0.4, -0.2) is 17.1 Å². The number of hydrogen-bond acceptors (Lipinski definition) is 5. The number of nitrogens with zero attached hydrogens (tertiary/aromatic N) is 2. The van der Waals surface area contributed by atoms with E-state index in [-0.39, 0.29) is 5.95 Å². The number of hydrogen-bond donors (Lipinski definition) is 2. The lowest BCUT2D eigenvalue weighted by atomic mass is 10.2. The number of ether oxygens (including phenoxy) is 1. The molecule has 0 amide bonds. The van der Waals surface area contributed by atoms with Gasteiger partial charge >= 0.3 is 0 Å². The first-order chi connectivity index (χ1) is 10.2. The van der Waals surface area contributed by atoms with Crippen molar-refractivity contribution in [2.45, 2.75) is 6.92 Å². The van der Waals surface area contributed by atoms with Gasteiger partial charge in [-0.25, -0.2) is 4.98 Å². The smallest absolute Gasteiger partial charge is 0.222 e. The fourth-order valence-corrected chi connectivity index (χ4v) is 2.24. The van der Waals surface area contributed by atoms with E-state index in [9.17, 15) is 0 Å². The zero-order valence-corrected chi connectivity index (χ0v) is 11.9. The van der Waals surface area contributed by atoms with E-state index in [1.54, 1.807) is 7.11 Å². The molecule has 21 heavy (non-hydrogen) atoms. The zero-order chi connectivity index (χ0) is 14.8. The number of methoxy groups -OCH3 is 1. The number of nitrogen functional groups attached to an aromatic ring is 1. The summed E-state index contributed by atoms with van der Waals surface area (Å²) in [6, 6.07) is 13.7. The third-order valence-electron chi connectivity index (χ3n) is 3.23. The molecule has 5 nitrogen and oxygen atoms in total. The fourth-order valence-electron chi connectivity index (χ4n) is 2.24. The van der Waals surface area contributed by atoms with Gasteiger partial charge < -0.3 is 15.8 Å². The minimum absolute atomic E-state index is 0.239. The van der Waals surface area contributed by atoms with Crippen LogP contribution < -0.4 is 15.8 Å². The van der Waals surface area contributed by atoms with E-state index < -0.39 is 0 Å². The highest BCUT2D eigenvalue weighted by molar-refractivity contribution is 5.92. The van der Waals surface area contributed by atoms with Gasteiger partial charge in [0.1, 0.15) is 11.6 Å². The zero-order valence-electron chi connectivity index (χ0n) is 11.9. The molecule has 3 aromatic rings. The molecule has 2 aromatic carbocycles. The Bertz CT molecular complexity index is 801. The Morgan fingerprint density at radius 1 is 1.10 bits per heavy atom. The standard InChI is InChI=1S/C16H16N4O/c1-10-7-8-14(21-2)13(9-10)18-15-11-5-3-4-6-12(11)19-16(17)20-15/h3-9H,1-2H3,(H3,17,18,19,20). The number of aryl methyl sites for hydroxylation is 1. The first-order valence-electron chi connectivity index (χ1n) is 6.61. The molecule has 0 radical (unpaired) electrons. The molecule has 0 aliphatic heterocycles. The van der Waals surface area contributed by atoms with Crippen molar-refractivity contribution in [3.05, 3.63) is 48.0 Å². The van der Waals surface area contributed by atoms with Crippen LogP contribution in [0.4, 0.5) is 17.5 Å². The van der Waals surface area contributed by atoms with Gasteiger partial charge in [-0.15, -0.1) is 0 Å². The number of fused-ring (bicyclic) bond motifs is 1. The second-order valence-electron chi connectivity index (χ2n) is 4.78. The normalized spacial score (nSPS) is 10.6. The number of benzene rings is 2. The van der Waals surface area contributed by atoms with Crippen LogP contribution in [0.5, 0.6) is 5.75 Å². The van der Waals surface area contributed by atoms with E-state index in [0.29, 0.717) is 5.82 Å². The number of nitrogens with two attached hydrogens (primary N) is 1. The Morgan fingerprint density at radius 2 is 1.90 bits per heavy atom.